The summed E-state index contributed by atoms with van der Waals surface area (Å²) >= 11 is 0. The number of carbonyl (C=O) groups excluding carboxylic acids is 1. The lowest BCUT2D eigenvalue weighted by Gasteiger charge is -2.34. The van der Waals surface area contributed by atoms with Crippen LogP contribution in [0.5, 0.6) is 0 Å². The molecule has 1 saturated heterocycles. The number of anilines is 1. The van der Waals surface area contributed by atoms with E-state index in [0.717, 1.165) is 5.56 Å². The number of hydrogen-bond donors (Lipinski definition) is 0. The summed E-state index contributed by atoms with van der Waals surface area (Å²) in [4.78, 5) is 34.3. The van der Waals surface area contributed by atoms with Gasteiger partial charge in [-0.05, 0) is 18.2 Å². The Labute approximate surface area is 144 Å². The van der Waals surface area contributed by atoms with Crippen molar-refractivity contribution in [3.63, 3.8) is 0 Å². The van der Waals surface area contributed by atoms with Crippen molar-refractivity contribution in [1.29, 1.82) is 0 Å². The monoisotopic (exact) mass is 337 g/mol. The first-order chi connectivity index (χ1) is 12.1. The third kappa shape index (κ3) is 3.90. The number of nitrogens with zero attached hydrogens (tertiary/aromatic N) is 5. The van der Waals surface area contributed by atoms with Gasteiger partial charge in [-0.15, -0.1) is 0 Å². The molecule has 0 aromatic carbocycles. The highest BCUT2D eigenvalue weighted by molar-refractivity contribution is 5.94. The molecule has 0 aliphatic carbocycles. The van der Waals surface area contributed by atoms with Gasteiger partial charge in [0.25, 0.3) is 5.91 Å². The molecule has 0 saturated carbocycles. The van der Waals surface area contributed by atoms with E-state index < -0.39 is 4.92 Å². The standard InChI is InChI=1S/C17H15N5O3/c23-16(4-3-14-5-8-18-9-6-14)20-10-12-21(13-11-20)17-15(22(24)25)2-1-7-19-17/h1-2,5-9H,10-13H2. The van der Waals surface area contributed by atoms with E-state index in [1.54, 1.807) is 29.4 Å². The Balaban J connectivity index is 1.64. The molecule has 3 heterocycles. The first-order valence-corrected chi connectivity index (χ1v) is 7.70. The molecule has 0 unspecified atom stereocenters. The second-order valence-corrected chi connectivity index (χ2v) is 5.37. The number of nitro groups is 1. The molecule has 25 heavy (non-hydrogen) atoms. The van der Waals surface area contributed by atoms with Gasteiger partial charge in [-0.3, -0.25) is 19.9 Å². The fourth-order valence-electron chi connectivity index (χ4n) is 2.54. The molecule has 0 N–H and O–H groups in total. The number of piperazine rings is 1. The number of rotatable bonds is 2. The smallest absolute Gasteiger partial charge is 0.311 e. The molecular formula is C17H15N5O3. The molecule has 8 heteroatoms. The predicted octanol–water partition coefficient (Wildman–Crippen LogP) is 1.09. The molecule has 2 aromatic heterocycles. The molecule has 3 rings (SSSR count). The molecule has 1 fully saturated rings. The van der Waals surface area contributed by atoms with Crippen LogP contribution in [0, 0.1) is 22.0 Å². The second kappa shape index (κ2) is 7.40. The average Bonchev–Trinajstić information content (AvgIpc) is 2.67. The fourth-order valence-corrected chi connectivity index (χ4v) is 2.54. The van der Waals surface area contributed by atoms with E-state index in [0.29, 0.717) is 32.0 Å². The normalized spacial score (nSPS) is 13.8. The van der Waals surface area contributed by atoms with Gasteiger partial charge in [0.1, 0.15) is 0 Å². The van der Waals surface area contributed by atoms with Crippen molar-refractivity contribution in [2.75, 3.05) is 31.1 Å². The van der Waals surface area contributed by atoms with E-state index in [1.165, 1.54) is 18.3 Å². The highest BCUT2D eigenvalue weighted by atomic mass is 16.6. The summed E-state index contributed by atoms with van der Waals surface area (Å²) in [6.45, 7) is 1.83. The molecule has 0 atom stereocenters. The number of hydrogen-bond acceptors (Lipinski definition) is 6. The van der Waals surface area contributed by atoms with Gasteiger partial charge in [-0.2, -0.15) is 0 Å². The van der Waals surface area contributed by atoms with Gasteiger partial charge in [0.15, 0.2) is 0 Å². The highest BCUT2D eigenvalue weighted by Crippen LogP contribution is 2.25. The lowest BCUT2D eigenvalue weighted by atomic mass is 10.2. The fraction of sp³-hybridized carbons (Fsp3) is 0.235. The summed E-state index contributed by atoms with van der Waals surface area (Å²) in [5, 5.41) is 11.1. The Morgan fingerprint density at radius 3 is 2.52 bits per heavy atom. The van der Waals surface area contributed by atoms with Crippen molar-refractivity contribution in [1.82, 2.24) is 14.9 Å². The van der Waals surface area contributed by atoms with Crippen LogP contribution in [-0.2, 0) is 4.79 Å². The first kappa shape index (κ1) is 16.4. The van der Waals surface area contributed by atoms with Crippen LogP contribution in [0.2, 0.25) is 0 Å². The van der Waals surface area contributed by atoms with Crippen molar-refractivity contribution >= 4 is 17.4 Å². The molecule has 126 valence electrons. The highest BCUT2D eigenvalue weighted by Gasteiger charge is 2.25. The van der Waals surface area contributed by atoms with Crippen LogP contribution < -0.4 is 4.90 Å². The topological polar surface area (TPSA) is 92.5 Å². The third-order valence-corrected chi connectivity index (χ3v) is 3.82. The third-order valence-electron chi connectivity index (χ3n) is 3.82. The van der Waals surface area contributed by atoms with Crippen molar-refractivity contribution in [3.05, 3.63) is 58.5 Å². The van der Waals surface area contributed by atoms with Crippen LogP contribution >= 0.6 is 0 Å². The maximum Gasteiger partial charge on any atom is 0.311 e. The minimum atomic E-state index is -0.444. The Kier molecular flexibility index (Phi) is 4.85. The van der Waals surface area contributed by atoms with Crippen LogP contribution in [-0.4, -0.2) is 51.9 Å². The van der Waals surface area contributed by atoms with Crippen LogP contribution in [0.1, 0.15) is 5.56 Å². The zero-order valence-electron chi connectivity index (χ0n) is 13.3. The van der Waals surface area contributed by atoms with E-state index in [2.05, 4.69) is 21.8 Å². The van der Waals surface area contributed by atoms with E-state index in [4.69, 9.17) is 0 Å². The average molecular weight is 337 g/mol. The summed E-state index contributed by atoms with van der Waals surface area (Å²) in [5.74, 6) is 5.51. The molecule has 2 aromatic rings. The zero-order valence-corrected chi connectivity index (χ0v) is 13.3. The summed E-state index contributed by atoms with van der Waals surface area (Å²) in [6.07, 6.45) is 4.76. The number of aromatic nitrogens is 2. The van der Waals surface area contributed by atoms with Crippen molar-refractivity contribution in [2.45, 2.75) is 0 Å². The maximum absolute atomic E-state index is 12.2. The zero-order chi connectivity index (χ0) is 17.6. The Hall–Kier alpha value is -3.47. The predicted molar refractivity (Wildman–Crippen MR) is 90.8 cm³/mol. The van der Waals surface area contributed by atoms with Crippen LogP contribution in [0.4, 0.5) is 11.5 Å². The maximum atomic E-state index is 12.2. The number of amides is 1. The molecule has 1 aliphatic rings. The minimum Gasteiger partial charge on any atom is -0.347 e. The lowest BCUT2D eigenvalue weighted by molar-refractivity contribution is -0.384. The summed E-state index contributed by atoms with van der Waals surface area (Å²) in [7, 11) is 0. The molecular weight excluding hydrogens is 322 g/mol. The van der Waals surface area contributed by atoms with Crippen molar-refractivity contribution < 1.29 is 9.72 Å². The molecule has 0 spiro atoms. The Bertz CT molecular complexity index is 836. The molecule has 8 nitrogen and oxygen atoms in total. The van der Waals surface area contributed by atoms with E-state index in [1.807, 2.05) is 4.90 Å². The quantitative estimate of drug-likeness (QED) is 0.463. The van der Waals surface area contributed by atoms with E-state index in [9.17, 15) is 14.9 Å². The molecule has 0 radical (unpaired) electrons. The SMILES string of the molecule is O=C(C#Cc1ccncc1)N1CCN(c2ncccc2[N+](=O)[O-])CC1. The van der Waals surface area contributed by atoms with Gasteiger partial charge in [-0.25, -0.2) is 4.98 Å². The van der Waals surface area contributed by atoms with Gasteiger partial charge in [0.05, 0.1) is 4.92 Å². The van der Waals surface area contributed by atoms with Gasteiger partial charge >= 0.3 is 5.69 Å². The molecule has 0 bridgehead atoms. The number of pyridine rings is 2. The molecule has 1 amide bonds. The summed E-state index contributed by atoms with van der Waals surface area (Å²) < 4.78 is 0. The van der Waals surface area contributed by atoms with E-state index >= 15 is 0 Å². The Morgan fingerprint density at radius 2 is 1.84 bits per heavy atom. The first-order valence-electron chi connectivity index (χ1n) is 7.70. The van der Waals surface area contributed by atoms with Crippen LogP contribution in [0.25, 0.3) is 0 Å². The summed E-state index contributed by atoms with van der Waals surface area (Å²) in [5.41, 5.74) is 0.700. The van der Waals surface area contributed by atoms with E-state index in [-0.39, 0.29) is 11.6 Å². The Morgan fingerprint density at radius 1 is 1.12 bits per heavy atom. The van der Waals surface area contributed by atoms with Gasteiger partial charge in [0.2, 0.25) is 5.82 Å². The lowest BCUT2D eigenvalue weighted by Crippen LogP contribution is -2.48. The van der Waals surface area contributed by atoms with Crippen molar-refractivity contribution in [2.24, 2.45) is 0 Å². The van der Waals surface area contributed by atoms with Gasteiger partial charge in [-0.1, -0.05) is 5.92 Å². The van der Waals surface area contributed by atoms with Gasteiger partial charge < -0.3 is 9.80 Å². The van der Waals surface area contributed by atoms with Crippen LogP contribution in [0.3, 0.4) is 0 Å². The second-order valence-electron chi connectivity index (χ2n) is 5.37. The largest absolute Gasteiger partial charge is 0.347 e. The summed E-state index contributed by atoms with van der Waals surface area (Å²) in [6, 6.07) is 6.44. The van der Waals surface area contributed by atoms with Crippen LogP contribution in [0.15, 0.2) is 42.9 Å². The minimum absolute atomic E-state index is 0.0280. The van der Waals surface area contributed by atoms with Crippen molar-refractivity contribution in [3.8, 4) is 11.8 Å². The number of carbonyl (C=O) groups is 1. The molecule has 1 aliphatic heterocycles. The van der Waals surface area contributed by atoms with Gasteiger partial charge in [0, 0.05) is 62.3 Å².